The molecular formula is C12H12FN3S. The van der Waals surface area contributed by atoms with E-state index >= 15 is 0 Å². The second kappa shape index (κ2) is 4.38. The predicted molar refractivity (Wildman–Crippen MR) is 68.7 cm³/mol. The number of rotatable bonds is 1. The van der Waals surface area contributed by atoms with Gasteiger partial charge in [-0.2, -0.15) is 5.26 Å². The number of aliphatic imine (C=N–C) groups is 1. The highest BCUT2D eigenvalue weighted by Gasteiger charge is 2.25. The molecule has 0 fully saturated rings. The van der Waals surface area contributed by atoms with Crippen molar-refractivity contribution in [3.8, 4) is 6.07 Å². The normalized spacial score (nSPS) is 17.4. The lowest BCUT2D eigenvalue weighted by molar-refractivity contribution is 0.604. The van der Waals surface area contributed by atoms with E-state index in [4.69, 9.17) is 5.26 Å². The molecule has 0 saturated carbocycles. The highest BCUT2D eigenvalue weighted by atomic mass is 32.2. The molecule has 0 radical (unpaired) electrons. The summed E-state index contributed by atoms with van der Waals surface area (Å²) in [5, 5.41) is 12.3. The topological polar surface area (TPSA) is 48.2 Å². The molecule has 1 aromatic carbocycles. The molecule has 1 N–H and O–H groups in total. The highest BCUT2D eigenvalue weighted by Crippen LogP contribution is 2.28. The number of nitrogens with one attached hydrogen (secondary N) is 1. The summed E-state index contributed by atoms with van der Waals surface area (Å²) in [7, 11) is 0. The fourth-order valence-corrected chi connectivity index (χ4v) is 2.50. The lowest BCUT2D eigenvalue weighted by Gasteiger charge is -2.09. The highest BCUT2D eigenvalue weighted by molar-refractivity contribution is 8.14. The molecule has 1 aliphatic heterocycles. The molecule has 0 aromatic heterocycles. The van der Waals surface area contributed by atoms with Crippen LogP contribution in [0.1, 0.15) is 19.4 Å². The third-order valence-electron chi connectivity index (χ3n) is 2.31. The van der Waals surface area contributed by atoms with Gasteiger partial charge in [0, 0.05) is 5.75 Å². The average molecular weight is 249 g/mol. The van der Waals surface area contributed by atoms with Gasteiger partial charge < -0.3 is 5.32 Å². The number of nitriles is 1. The minimum Gasteiger partial charge on any atom is -0.333 e. The zero-order chi connectivity index (χ0) is 12.5. The molecule has 2 rings (SSSR count). The van der Waals surface area contributed by atoms with Crippen LogP contribution in [0.5, 0.6) is 0 Å². The van der Waals surface area contributed by atoms with Gasteiger partial charge in [-0.15, -0.1) is 0 Å². The molecule has 17 heavy (non-hydrogen) atoms. The van der Waals surface area contributed by atoms with Crippen molar-refractivity contribution in [1.82, 2.24) is 0 Å². The van der Waals surface area contributed by atoms with Crippen molar-refractivity contribution in [2.45, 2.75) is 19.4 Å². The minimum atomic E-state index is -0.433. The van der Waals surface area contributed by atoms with Crippen LogP contribution in [0.4, 0.5) is 10.1 Å². The molecule has 0 saturated heterocycles. The largest absolute Gasteiger partial charge is 0.333 e. The standard InChI is InChI=1S/C12H12FN3S/c1-12(2)7-17-11(16-12)15-10-4-3-8(6-14)5-9(10)13/h3-5H,7H2,1-2H3,(H,15,16). The Kier molecular flexibility index (Phi) is 3.07. The van der Waals surface area contributed by atoms with Gasteiger partial charge >= 0.3 is 0 Å². The second-order valence-electron chi connectivity index (χ2n) is 4.45. The number of nitrogens with zero attached hydrogens (tertiary/aromatic N) is 2. The van der Waals surface area contributed by atoms with Gasteiger partial charge in [-0.3, -0.25) is 4.99 Å². The van der Waals surface area contributed by atoms with Crippen LogP contribution in [0.15, 0.2) is 23.2 Å². The van der Waals surface area contributed by atoms with Crippen LogP contribution >= 0.6 is 11.8 Å². The fourth-order valence-electron chi connectivity index (χ4n) is 1.45. The first-order valence-electron chi connectivity index (χ1n) is 5.19. The van der Waals surface area contributed by atoms with Gasteiger partial charge in [-0.1, -0.05) is 11.8 Å². The van der Waals surface area contributed by atoms with Gasteiger partial charge in [0.2, 0.25) is 0 Å². The van der Waals surface area contributed by atoms with Crippen LogP contribution in [0.2, 0.25) is 0 Å². The van der Waals surface area contributed by atoms with E-state index < -0.39 is 5.82 Å². The van der Waals surface area contributed by atoms with E-state index in [1.807, 2.05) is 19.9 Å². The molecule has 0 aliphatic carbocycles. The summed E-state index contributed by atoms with van der Waals surface area (Å²) in [6, 6.07) is 6.25. The molecule has 1 heterocycles. The molecule has 0 spiro atoms. The van der Waals surface area contributed by atoms with Gasteiger partial charge in [-0.05, 0) is 32.0 Å². The lowest BCUT2D eigenvalue weighted by atomic mass is 10.1. The van der Waals surface area contributed by atoms with Gasteiger partial charge in [0.25, 0.3) is 0 Å². The third-order valence-corrected chi connectivity index (χ3v) is 3.62. The number of amidine groups is 1. The van der Waals surface area contributed by atoms with E-state index in [-0.39, 0.29) is 5.54 Å². The Morgan fingerprint density at radius 1 is 1.53 bits per heavy atom. The van der Waals surface area contributed by atoms with E-state index in [1.54, 1.807) is 23.9 Å². The first-order valence-corrected chi connectivity index (χ1v) is 6.18. The summed E-state index contributed by atoms with van der Waals surface area (Å²) in [5.41, 5.74) is 0.568. The number of thioether (sulfide) groups is 1. The molecule has 88 valence electrons. The van der Waals surface area contributed by atoms with Crippen molar-refractivity contribution in [1.29, 1.82) is 5.26 Å². The average Bonchev–Trinajstić information content (AvgIpc) is 2.61. The van der Waals surface area contributed by atoms with Gasteiger partial charge in [0.1, 0.15) is 5.82 Å². The minimum absolute atomic E-state index is 0.101. The fraction of sp³-hybridized carbons (Fsp3) is 0.333. The van der Waals surface area contributed by atoms with Crippen molar-refractivity contribution in [2.75, 3.05) is 11.1 Å². The number of hydrogen-bond acceptors (Lipinski definition) is 4. The Morgan fingerprint density at radius 2 is 2.29 bits per heavy atom. The zero-order valence-electron chi connectivity index (χ0n) is 9.62. The Bertz CT molecular complexity index is 517. The predicted octanol–water partition coefficient (Wildman–Crippen LogP) is 2.99. The number of anilines is 1. The number of halogens is 1. The van der Waals surface area contributed by atoms with Crippen molar-refractivity contribution >= 4 is 22.6 Å². The number of hydrogen-bond donors (Lipinski definition) is 1. The summed E-state index contributed by atoms with van der Waals surface area (Å²) in [6.07, 6.45) is 0. The Balaban J connectivity index is 2.18. The molecule has 0 unspecified atom stereocenters. The SMILES string of the molecule is CC1(C)CSC(Nc2ccc(C#N)cc2F)=N1. The molecule has 0 bridgehead atoms. The summed E-state index contributed by atoms with van der Waals surface area (Å²) in [5.74, 6) is 0.449. The van der Waals surface area contributed by atoms with E-state index in [9.17, 15) is 4.39 Å². The quantitative estimate of drug-likeness (QED) is 0.832. The lowest BCUT2D eigenvalue weighted by Crippen LogP contribution is -2.15. The third kappa shape index (κ3) is 2.77. The monoisotopic (exact) mass is 249 g/mol. The molecule has 1 aliphatic rings. The summed E-state index contributed by atoms with van der Waals surface area (Å²) in [4.78, 5) is 4.44. The first kappa shape index (κ1) is 11.9. The Labute approximate surface area is 104 Å². The maximum atomic E-state index is 13.6. The molecule has 1 aromatic rings. The van der Waals surface area contributed by atoms with Crippen LogP contribution in [0.25, 0.3) is 0 Å². The van der Waals surface area contributed by atoms with Crippen molar-refractivity contribution < 1.29 is 4.39 Å². The van der Waals surface area contributed by atoms with Crippen LogP contribution in [-0.4, -0.2) is 16.5 Å². The van der Waals surface area contributed by atoms with Crippen LogP contribution in [0.3, 0.4) is 0 Å². The van der Waals surface area contributed by atoms with Crippen LogP contribution in [0, 0.1) is 17.1 Å². The van der Waals surface area contributed by atoms with E-state index in [0.717, 1.165) is 10.9 Å². The van der Waals surface area contributed by atoms with Crippen LogP contribution < -0.4 is 5.32 Å². The van der Waals surface area contributed by atoms with Gasteiger partial charge in [0.15, 0.2) is 5.17 Å². The smallest absolute Gasteiger partial charge is 0.161 e. The molecule has 5 heteroatoms. The molecule has 0 atom stereocenters. The Hall–Kier alpha value is -1.54. The van der Waals surface area contributed by atoms with Gasteiger partial charge in [-0.25, -0.2) is 4.39 Å². The van der Waals surface area contributed by atoms with E-state index in [0.29, 0.717) is 11.3 Å². The maximum Gasteiger partial charge on any atom is 0.161 e. The van der Waals surface area contributed by atoms with Gasteiger partial charge in [0.05, 0.1) is 22.9 Å². The van der Waals surface area contributed by atoms with Crippen molar-refractivity contribution in [2.24, 2.45) is 4.99 Å². The summed E-state index contributed by atoms with van der Waals surface area (Å²) < 4.78 is 13.6. The first-order chi connectivity index (χ1) is 8.00. The van der Waals surface area contributed by atoms with Crippen LogP contribution in [-0.2, 0) is 0 Å². The van der Waals surface area contributed by atoms with E-state index in [2.05, 4.69) is 10.3 Å². The summed E-state index contributed by atoms with van der Waals surface area (Å²) >= 11 is 1.57. The molecule has 3 nitrogen and oxygen atoms in total. The molecule has 0 amide bonds. The Morgan fingerprint density at radius 3 is 2.82 bits per heavy atom. The maximum absolute atomic E-state index is 13.6. The van der Waals surface area contributed by atoms with Crippen molar-refractivity contribution in [3.63, 3.8) is 0 Å². The second-order valence-corrected chi connectivity index (χ2v) is 5.41. The van der Waals surface area contributed by atoms with E-state index in [1.165, 1.54) is 6.07 Å². The van der Waals surface area contributed by atoms with Crippen molar-refractivity contribution in [3.05, 3.63) is 29.6 Å². The summed E-state index contributed by atoms with van der Waals surface area (Å²) in [6.45, 7) is 4.06. The molecular weight excluding hydrogens is 237 g/mol. The zero-order valence-corrected chi connectivity index (χ0v) is 10.4. The number of benzene rings is 1.